The molecule has 1 aliphatic rings. The summed E-state index contributed by atoms with van der Waals surface area (Å²) in [6.07, 6.45) is 1.51. The van der Waals surface area contributed by atoms with Crippen molar-refractivity contribution < 1.29 is 24.1 Å². The van der Waals surface area contributed by atoms with Gasteiger partial charge in [0.2, 0.25) is 0 Å². The average molecular weight is 420 g/mol. The molecule has 0 saturated heterocycles. The van der Waals surface area contributed by atoms with Crippen LogP contribution in [0.15, 0.2) is 76.5 Å². The molecular formula is C24H26N3O4+. The van der Waals surface area contributed by atoms with E-state index in [-0.39, 0.29) is 18.7 Å². The Hall–Kier alpha value is -3.58. The van der Waals surface area contributed by atoms with Gasteiger partial charge in [-0.25, -0.2) is 9.59 Å². The molecule has 0 saturated carbocycles. The maximum absolute atomic E-state index is 12.8. The minimum Gasteiger partial charge on any atom is -0.467 e. The Bertz CT molecular complexity index is 1120. The summed E-state index contributed by atoms with van der Waals surface area (Å²) in [7, 11) is 0. The van der Waals surface area contributed by atoms with Crippen LogP contribution < -0.4 is 16.0 Å². The number of benzene rings is 2. The van der Waals surface area contributed by atoms with Crippen molar-refractivity contribution in [3.05, 3.63) is 83.5 Å². The molecule has 0 unspecified atom stereocenters. The first-order chi connectivity index (χ1) is 15.1. The lowest BCUT2D eigenvalue weighted by Gasteiger charge is -2.27. The van der Waals surface area contributed by atoms with E-state index < -0.39 is 12.0 Å². The lowest BCUT2D eigenvalue weighted by Crippen LogP contribution is -2.86. The molecule has 2 heterocycles. The zero-order chi connectivity index (χ0) is 21.8. The van der Waals surface area contributed by atoms with Gasteiger partial charge in [0, 0.05) is 5.56 Å². The number of urea groups is 1. The van der Waals surface area contributed by atoms with E-state index in [0.29, 0.717) is 23.6 Å². The molecule has 160 valence electrons. The number of fused-ring (bicyclic) bond motifs is 1. The smallest absolute Gasteiger partial charge is 0.338 e. The molecule has 1 aromatic heterocycles. The fourth-order valence-electron chi connectivity index (χ4n) is 3.97. The fraction of sp³-hybridized carbons (Fsp3) is 0.250. The summed E-state index contributed by atoms with van der Waals surface area (Å²) in [6, 6.07) is 17.0. The van der Waals surface area contributed by atoms with Crippen LogP contribution in [0.2, 0.25) is 0 Å². The molecule has 7 nitrogen and oxygen atoms in total. The number of ether oxygens (including phenoxy) is 1. The molecule has 0 bridgehead atoms. The van der Waals surface area contributed by atoms with Crippen LogP contribution in [-0.4, -0.2) is 25.2 Å². The zero-order valence-electron chi connectivity index (χ0n) is 17.6. The Morgan fingerprint density at radius 2 is 1.97 bits per heavy atom. The molecule has 0 aliphatic carbocycles. The van der Waals surface area contributed by atoms with Crippen molar-refractivity contribution in [1.29, 1.82) is 0 Å². The number of quaternary nitrogens is 1. The Balaban J connectivity index is 1.64. The second-order valence-corrected chi connectivity index (χ2v) is 7.46. The van der Waals surface area contributed by atoms with Crippen molar-refractivity contribution in [1.82, 2.24) is 10.6 Å². The number of carbonyl (C=O) groups excluding carboxylic acids is 2. The molecule has 31 heavy (non-hydrogen) atoms. The highest BCUT2D eigenvalue weighted by molar-refractivity contribution is 5.95. The van der Waals surface area contributed by atoms with E-state index in [9.17, 15) is 9.59 Å². The predicted molar refractivity (Wildman–Crippen MR) is 116 cm³/mol. The molecule has 2 atom stereocenters. The van der Waals surface area contributed by atoms with E-state index in [0.717, 1.165) is 0 Å². The van der Waals surface area contributed by atoms with Gasteiger partial charge < -0.3 is 25.1 Å². The Kier molecular flexibility index (Phi) is 6.04. The number of nitrogens with two attached hydrogens (primary N) is 1. The van der Waals surface area contributed by atoms with E-state index in [4.69, 9.17) is 9.15 Å². The van der Waals surface area contributed by atoms with Crippen LogP contribution in [0.25, 0.3) is 10.8 Å². The standard InChI is InChI=1S/C24H25N3O4/c1-3-30-23(28)21-19(26-24(29)27-22(21)20-12-7-13-31-20)14-25-15(2)17-11-6-9-16-8-4-5-10-18(16)17/h4-13,15,22,25H,3,14H2,1-2H3,(H2,26,27,29)/p+1/t15-,22+/m0/s1. The van der Waals surface area contributed by atoms with Crippen LogP contribution in [0.1, 0.15) is 37.3 Å². The number of hydrogen-bond donors (Lipinski definition) is 3. The quantitative estimate of drug-likeness (QED) is 0.512. The number of furan rings is 1. The minimum absolute atomic E-state index is 0.107. The van der Waals surface area contributed by atoms with E-state index in [1.807, 2.05) is 18.2 Å². The van der Waals surface area contributed by atoms with E-state index in [2.05, 4.69) is 47.1 Å². The van der Waals surface area contributed by atoms with Gasteiger partial charge in [0.25, 0.3) is 0 Å². The molecule has 4 N–H and O–H groups in total. The first kappa shape index (κ1) is 20.7. The number of hydrogen-bond acceptors (Lipinski definition) is 4. The first-order valence-electron chi connectivity index (χ1n) is 10.4. The average Bonchev–Trinajstić information content (AvgIpc) is 3.31. The highest BCUT2D eigenvalue weighted by Crippen LogP contribution is 2.28. The van der Waals surface area contributed by atoms with Crippen LogP contribution in [0.4, 0.5) is 4.79 Å². The lowest BCUT2D eigenvalue weighted by atomic mass is 9.98. The van der Waals surface area contributed by atoms with E-state index in [1.54, 1.807) is 19.1 Å². The van der Waals surface area contributed by atoms with Gasteiger partial charge in [0.05, 0.1) is 24.1 Å². The molecule has 4 rings (SSSR count). The molecule has 2 aromatic carbocycles. The summed E-state index contributed by atoms with van der Waals surface area (Å²) in [5.74, 6) is 0.00937. The van der Waals surface area contributed by atoms with Crippen molar-refractivity contribution in [2.24, 2.45) is 0 Å². The topological polar surface area (TPSA) is 97.2 Å². The second kappa shape index (κ2) is 9.06. The van der Waals surface area contributed by atoms with Crippen LogP contribution in [0.3, 0.4) is 0 Å². The number of amides is 2. The van der Waals surface area contributed by atoms with Gasteiger partial charge >= 0.3 is 12.0 Å². The van der Waals surface area contributed by atoms with Gasteiger partial charge in [-0.05, 0) is 36.8 Å². The largest absolute Gasteiger partial charge is 0.467 e. The van der Waals surface area contributed by atoms with Gasteiger partial charge in [-0.3, -0.25) is 0 Å². The van der Waals surface area contributed by atoms with Crippen molar-refractivity contribution >= 4 is 22.8 Å². The lowest BCUT2D eigenvalue weighted by molar-refractivity contribution is -0.686. The molecule has 0 radical (unpaired) electrons. The summed E-state index contributed by atoms with van der Waals surface area (Å²) >= 11 is 0. The van der Waals surface area contributed by atoms with Crippen molar-refractivity contribution in [2.45, 2.75) is 25.9 Å². The highest BCUT2D eigenvalue weighted by atomic mass is 16.5. The third-order valence-corrected chi connectivity index (χ3v) is 5.47. The van der Waals surface area contributed by atoms with Gasteiger partial charge in [0.15, 0.2) is 0 Å². The normalized spacial score (nSPS) is 17.2. The van der Waals surface area contributed by atoms with Crippen molar-refractivity contribution in [3.8, 4) is 0 Å². The van der Waals surface area contributed by atoms with Crippen molar-refractivity contribution in [2.75, 3.05) is 13.2 Å². The summed E-state index contributed by atoms with van der Waals surface area (Å²) in [4.78, 5) is 25.1. The predicted octanol–water partition coefficient (Wildman–Crippen LogP) is 2.93. The third kappa shape index (κ3) is 4.32. The molecule has 0 fully saturated rings. The van der Waals surface area contributed by atoms with Crippen LogP contribution >= 0.6 is 0 Å². The Labute approximate surface area is 180 Å². The third-order valence-electron chi connectivity index (χ3n) is 5.47. The zero-order valence-corrected chi connectivity index (χ0v) is 17.6. The summed E-state index contributed by atoms with van der Waals surface area (Å²) in [5, 5.41) is 10.0. The molecule has 3 aromatic rings. The van der Waals surface area contributed by atoms with E-state index in [1.165, 1.54) is 22.6 Å². The summed E-state index contributed by atoms with van der Waals surface area (Å²) < 4.78 is 10.8. The summed E-state index contributed by atoms with van der Waals surface area (Å²) in [5.41, 5.74) is 2.08. The van der Waals surface area contributed by atoms with Crippen LogP contribution in [0.5, 0.6) is 0 Å². The second-order valence-electron chi connectivity index (χ2n) is 7.46. The Morgan fingerprint density at radius 1 is 1.16 bits per heavy atom. The number of carbonyl (C=O) groups is 2. The summed E-state index contributed by atoms with van der Waals surface area (Å²) in [6.45, 7) is 4.51. The van der Waals surface area contributed by atoms with E-state index >= 15 is 0 Å². The molecule has 2 amide bonds. The van der Waals surface area contributed by atoms with Gasteiger partial charge in [-0.2, -0.15) is 0 Å². The maximum Gasteiger partial charge on any atom is 0.338 e. The first-order valence-corrected chi connectivity index (χ1v) is 10.4. The number of esters is 1. The minimum atomic E-state index is -0.695. The number of rotatable bonds is 7. The number of nitrogens with one attached hydrogen (secondary N) is 2. The molecule has 0 spiro atoms. The molecule has 1 aliphatic heterocycles. The molecular weight excluding hydrogens is 394 g/mol. The van der Waals surface area contributed by atoms with Crippen LogP contribution in [0, 0.1) is 0 Å². The van der Waals surface area contributed by atoms with Gasteiger partial charge in [-0.15, -0.1) is 0 Å². The van der Waals surface area contributed by atoms with Gasteiger partial charge in [0.1, 0.15) is 24.4 Å². The monoisotopic (exact) mass is 420 g/mol. The van der Waals surface area contributed by atoms with Gasteiger partial charge in [-0.1, -0.05) is 42.5 Å². The maximum atomic E-state index is 12.8. The SMILES string of the molecule is CCOC(=O)C1=C(C[NH2+][C@@H](C)c2cccc3ccccc23)NC(=O)N[C@@H]1c1ccco1. The molecule has 7 heteroatoms. The highest BCUT2D eigenvalue weighted by Gasteiger charge is 2.36. The fourth-order valence-corrected chi connectivity index (χ4v) is 3.97. The van der Waals surface area contributed by atoms with Crippen LogP contribution in [-0.2, 0) is 9.53 Å². The van der Waals surface area contributed by atoms with Crippen molar-refractivity contribution in [3.63, 3.8) is 0 Å². The Morgan fingerprint density at radius 3 is 2.74 bits per heavy atom.